The number of anilines is 1. The van der Waals surface area contributed by atoms with E-state index in [0.717, 1.165) is 22.4 Å². The van der Waals surface area contributed by atoms with Crippen molar-refractivity contribution in [1.82, 2.24) is 5.43 Å². The fourth-order valence-corrected chi connectivity index (χ4v) is 3.65. The van der Waals surface area contributed by atoms with Gasteiger partial charge in [-0.25, -0.2) is 5.43 Å². The molecule has 0 heterocycles. The summed E-state index contributed by atoms with van der Waals surface area (Å²) in [5.74, 6) is 0.201. The number of hydrogen-bond acceptors (Lipinski definition) is 4. The van der Waals surface area contributed by atoms with Crippen molar-refractivity contribution in [2.45, 2.75) is 32.8 Å². The van der Waals surface area contributed by atoms with Crippen LogP contribution in [0.4, 0.5) is 5.69 Å². The lowest BCUT2D eigenvalue weighted by Gasteiger charge is -2.19. The minimum Gasteiger partial charge on any atom is -0.489 e. The normalized spacial score (nSPS) is 11.2. The molecule has 4 aromatic carbocycles. The average molecular weight is 506 g/mol. The quantitative estimate of drug-likeness (QED) is 0.210. The highest BCUT2D eigenvalue weighted by atomic mass is 16.5. The molecule has 6 heteroatoms. The van der Waals surface area contributed by atoms with E-state index < -0.39 is 0 Å². The second-order valence-electron chi connectivity index (χ2n) is 9.90. The van der Waals surface area contributed by atoms with Crippen LogP contribution in [-0.2, 0) is 12.0 Å². The molecule has 0 fully saturated rings. The molecule has 2 amide bonds. The monoisotopic (exact) mass is 505 g/mol. The van der Waals surface area contributed by atoms with Crippen molar-refractivity contribution in [1.29, 1.82) is 0 Å². The first-order chi connectivity index (χ1) is 18.3. The van der Waals surface area contributed by atoms with Gasteiger partial charge in [-0.15, -0.1) is 0 Å². The van der Waals surface area contributed by atoms with Gasteiger partial charge in [-0.3, -0.25) is 9.59 Å². The van der Waals surface area contributed by atoms with E-state index in [2.05, 4.69) is 36.6 Å². The molecular weight excluding hydrogens is 474 g/mol. The molecule has 4 aromatic rings. The molecule has 0 aliphatic heterocycles. The summed E-state index contributed by atoms with van der Waals surface area (Å²) in [7, 11) is 0. The summed E-state index contributed by atoms with van der Waals surface area (Å²) < 4.78 is 5.78. The SMILES string of the molecule is CC(C)(C)c1ccc(C(=O)Nc2ccc(C(=O)NN=Cc3ccc(OCc4ccccc4)cc3)cc2)cc1. The van der Waals surface area contributed by atoms with Gasteiger partial charge in [-0.05, 0) is 82.8 Å². The van der Waals surface area contributed by atoms with E-state index in [0.29, 0.717) is 23.4 Å². The number of nitrogens with zero attached hydrogens (tertiary/aromatic N) is 1. The molecule has 0 aliphatic rings. The van der Waals surface area contributed by atoms with Gasteiger partial charge in [0.05, 0.1) is 6.21 Å². The summed E-state index contributed by atoms with van der Waals surface area (Å²) in [5.41, 5.74) is 7.24. The molecule has 0 saturated heterocycles. The number of carbonyl (C=O) groups is 2. The Hall–Kier alpha value is -4.71. The summed E-state index contributed by atoms with van der Waals surface area (Å²) in [6, 6.07) is 31.6. The van der Waals surface area contributed by atoms with Gasteiger partial charge in [0.1, 0.15) is 12.4 Å². The van der Waals surface area contributed by atoms with Crippen LogP contribution in [0.1, 0.15) is 58.2 Å². The maximum Gasteiger partial charge on any atom is 0.271 e. The van der Waals surface area contributed by atoms with Gasteiger partial charge >= 0.3 is 0 Å². The van der Waals surface area contributed by atoms with Crippen LogP contribution < -0.4 is 15.5 Å². The Balaban J connectivity index is 1.26. The maximum atomic E-state index is 12.6. The molecule has 0 unspecified atom stereocenters. The van der Waals surface area contributed by atoms with Crippen molar-refractivity contribution in [2.24, 2.45) is 5.10 Å². The second-order valence-corrected chi connectivity index (χ2v) is 9.90. The predicted octanol–water partition coefficient (Wildman–Crippen LogP) is 6.58. The zero-order chi connectivity index (χ0) is 27.0. The van der Waals surface area contributed by atoms with E-state index in [9.17, 15) is 9.59 Å². The molecule has 0 aromatic heterocycles. The van der Waals surface area contributed by atoms with E-state index in [1.807, 2.05) is 78.9 Å². The Bertz CT molecular complexity index is 1390. The van der Waals surface area contributed by atoms with Gasteiger partial charge in [-0.1, -0.05) is 63.2 Å². The Morgan fingerprint density at radius 3 is 2.00 bits per heavy atom. The molecule has 4 rings (SSSR count). The Kier molecular flexibility index (Phi) is 8.34. The van der Waals surface area contributed by atoms with E-state index in [1.54, 1.807) is 30.5 Å². The predicted molar refractivity (Wildman–Crippen MR) is 152 cm³/mol. The van der Waals surface area contributed by atoms with Gasteiger partial charge in [-0.2, -0.15) is 5.10 Å². The minimum absolute atomic E-state index is 0.0255. The maximum absolute atomic E-state index is 12.6. The third-order valence-electron chi connectivity index (χ3n) is 5.93. The number of hydrazone groups is 1. The molecule has 0 atom stereocenters. The standard InChI is InChI=1S/C32H31N3O3/c1-32(2,3)27-15-11-25(12-16-27)30(36)34-28-17-13-26(14-18-28)31(37)35-33-21-23-9-19-29(20-10-23)38-22-24-7-5-4-6-8-24/h4-21H,22H2,1-3H3,(H,34,36)(H,35,37). The Labute approximate surface area is 223 Å². The van der Waals surface area contributed by atoms with Crippen LogP contribution in [0.2, 0.25) is 0 Å². The van der Waals surface area contributed by atoms with Crippen molar-refractivity contribution < 1.29 is 14.3 Å². The van der Waals surface area contributed by atoms with Gasteiger partial charge in [0.15, 0.2) is 0 Å². The number of ether oxygens (including phenoxy) is 1. The average Bonchev–Trinajstić information content (AvgIpc) is 2.93. The summed E-state index contributed by atoms with van der Waals surface area (Å²) in [6.45, 7) is 6.89. The van der Waals surface area contributed by atoms with Crippen molar-refractivity contribution in [3.8, 4) is 5.75 Å². The lowest BCUT2D eigenvalue weighted by Crippen LogP contribution is -2.18. The zero-order valence-electron chi connectivity index (χ0n) is 21.8. The number of carbonyl (C=O) groups excluding carboxylic acids is 2. The van der Waals surface area contributed by atoms with Crippen molar-refractivity contribution >= 4 is 23.7 Å². The van der Waals surface area contributed by atoms with E-state index in [1.165, 1.54) is 0 Å². The fraction of sp³-hybridized carbons (Fsp3) is 0.156. The van der Waals surface area contributed by atoms with Gasteiger partial charge in [0, 0.05) is 16.8 Å². The van der Waals surface area contributed by atoms with Crippen LogP contribution in [0.25, 0.3) is 0 Å². The molecule has 0 radical (unpaired) electrons. The highest BCUT2D eigenvalue weighted by molar-refractivity contribution is 6.04. The summed E-state index contributed by atoms with van der Waals surface area (Å²) in [4.78, 5) is 25.0. The zero-order valence-corrected chi connectivity index (χ0v) is 21.8. The van der Waals surface area contributed by atoms with Crippen LogP contribution in [0.15, 0.2) is 108 Å². The molecule has 0 aliphatic carbocycles. The number of hydrogen-bond donors (Lipinski definition) is 2. The summed E-state index contributed by atoms with van der Waals surface area (Å²) in [6.07, 6.45) is 1.57. The van der Waals surface area contributed by atoms with E-state index in [-0.39, 0.29) is 17.2 Å². The van der Waals surface area contributed by atoms with Crippen LogP contribution in [0.5, 0.6) is 5.75 Å². The number of benzene rings is 4. The van der Waals surface area contributed by atoms with Crippen LogP contribution >= 0.6 is 0 Å². The largest absolute Gasteiger partial charge is 0.489 e. The molecule has 2 N–H and O–H groups in total. The number of rotatable bonds is 8. The van der Waals surface area contributed by atoms with Gasteiger partial charge in [0.2, 0.25) is 0 Å². The third-order valence-corrected chi connectivity index (χ3v) is 5.93. The first-order valence-corrected chi connectivity index (χ1v) is 12.4. The Morgan fingerprint density at radius 1 is 0.763 bits per heavy atom. The Morgan fingerprint density at radius 2 is 1.37 bits per heavy atom. The molecule has 38 heavy (non-hydrogen) atoms. The molecule has 0 saturated carbocycles. The molecule has 6 nitrogen and oxygen atoms in total. The highest BCUT2D eigenvalue weighted by Crippen LogP contribution is 2.22. The lowest BCUT2D eigenvalue weighted by atomic mass is 9.87. The molecule has 192 valence electrons. The van der Waals surface area contributed by atoms with Crippen LogP contribution in [0.3, 0.4) is 0 Å². The highest BCUT2D eigenvalue weighted by Gasteiger charge is 2.14. The van der Waals surface area contributed by atoms with E-state index in [4.69, 9.17) is 4.74 Å². The first-order valence-electron chi connectivity index (χ1n) is 12.4. The van der Waals surface area contributed by atoms with Gasteiger partial charge < -0.3 is 10.1 Å². The van der Waals surface area contributed by atoms with E-state index >= 15 is 0 Å². The second kappa shape index (κ2) is 12.0. The number of nitrogens with one attached hydrogen (secondary N) is 2. The summed E-state index contributed by atoms with van der Waals surface area (Å²) in [5, 5.41) is 6.90. The fourth-order valence-electron chi connectivity index (χ4n) is 3.65. The lowest BCUT2D eigenvalue weighted by molar-refractivity contribution is 0.0954. The van der Waals surface area contributed by atoms with Crippen molar-refractivity contribution in [3.05, 3.63) is 131 Å². The van der Waals surface area contributed by atoms with Gasteiger partial charge in [0.25, 0.3) is 11.8 Å². The molecule has 0 spiro atoms. The van der Waals surface area contributed by atoms with Crippen molar-refractivity contribution in [3.63, 3.8) is 0 Å². The first kappa shape index (κ1) is 26.4. The number of amides is 2. The third kappa shape index (κ3) is 7.40. The summed E-state index contributed by atoms with van der Waals surface area (Å²) >= 11 is 0. The van der Waals surface area contributed by atoms with Crippen LogP contribution in [0, 0.1) is 0 Å². The van der Waals surface area contributed by atoms with Crippen molar-refractivity contribution in [2.75, 3.05) is 5.32 Å². The topological polar surface area (TPSA) is 79.8 Å². The molecule has 0 bridgehead atoms. The minimum atomic E-state index is -0.347. The van der Waals surface area contributed by atoms with Crippen LogP contribution in [-0.4, -0.2) is 18.0 Å². The smallest absolute Gasteiger partial charge is 0.271 e. The molecular formula is C32H31N3O3.